The lowest BCUT2D eigenvalue weighted by Crippen LogP contribution is -2.01. The highest BCUT2D eigenvalue weighted by Crippen LogP contribution is 2.34. The maximum absolute atomic E-state index is 11.1. The molecule has 0 unspecified atom stereocenters. The average Bonchev–Trinajstić information content (AvgIpc) is 3.37. The van der Waals surface area contributed by atoms with Crippen molar-refractivity contribution in [1.82, 2.24) is 19.7 Å². The van der Waals surface area contributed by atoms with Gasteiger partial charge in [0.05, 0.1) is 10.4 Å². The van der Waals surface area contributed by atoms with E-state index >= 15 is 0 Å². The molecule has 3 aromatic heterocycles. The Bertz CT molecular complexity index is 993. The number of nitrogens with zero attached hydrogens (tertiary/aromatic N) is 4. The topological polar surface area (TPSA) is 80.9 Å². The van der Waals surface area contributed by atoms with Gasteiger partial charge in [-0.15, -0.1) is 32.9 Å². The summed E-state index contributed by atoms with van der Waals surface area (Å²) in [5.41, 5.74) is 1.04. The van der Waals surface area contributed by atoms with Crippen LogP contribution in [0.3, 0.4) is 0 Å². The molecule has 0 saturated heterocycles. The zero-order valence-corrected chi connectivity index (χ0v) is 15.0. The molecule has 4 rings (SSSR count). The maximum Gasteiger partial charge on any atom is 0.335 e. The van der Waals surface area contributed by atoms with Crippen molar-refractivity contribution in [2.75, 3.05) is 0 Å². The Labute approximate surface area is 154 Å². The Balaban J connectivity index is 1.82. The zero-order chi connectivity index (χ0) is 17.2. The standard InChI is InChI=1S/C16H10N4O2S3/c21-14(22)10-3-5-11(6-4-10)20-13(12-2-1-8-23-12)18-19-15(20)25-16-17-7-9-24-16/h1-9H,(H,21,22). The SMILES string of the molecule is O=C(O)c1ccc(-n2c(Sc3nccs3)nnc2-c2cccs2)cc1. The molecule has 9 heteroatoms. The van der Waals surface area contributed by atoms with Crippen LogP contribution in [0.1, 0.15) is 10.4 Å². The number of hydrogen-bond donors (Lipinski definition) is 1. The molecule has 124 valence electrons. The van der Waals surface area contributed by atoms with Crippen LogP contribution in [0.4, 0.5) is 0 Å². The van der Waals surface area contributed by atoms with Gasteiger partial charge in [0, 0.05) is 17.3 Å². The Kier molecular flexibility index (Phi) is 4.35. The van der Waals surface area contributed by atoms with Crippen LogP contribution in [0, 0.1) is 0 Å². The summed E-state index contributed by atoms with van der Waals surface area (Å²) in [6, 6.07) is 10.6. The van der Waals surface area contributed by atoms with Crippen molar-refractivity contribution in [3.63, 3.8) is 0 Å². The maximum atomic E-state index is 11.1. The monoisotopic (exact) mass is 386 g/mol. The van der Waals surface area contributed by atoms with Crippen molar-refractivity contribution < 1.29 is 9.90 Å². The lowest BCUT2D eigenvalue weighted by molar-refractivity contribution is 0.0697. The predicted molar refractivity (Wildman–Crippen MR) is 97.9 cm³/mol. The number of aromatic nitrogens is 4. The Morgan fingerprint density at radius 1 is 1.08 bits per heavy atom. The van der Waals surface area contributed by atoms with E-state index in [1.54, 1.807) is 41.8 Å². The van der Waals surface area contributed by atoms with Gasteiger partial charge in [0.25, 0.3) is 0 Å². The second-order valence-electron chi connectivity index (χ2n) is 4.87. The molecule has 3 heterocycles. The molecule has 0 spiro atoms. The van der Waals surface area contributed by atoms with Crippen LogP contribution in [-0.2, 0) is 0 Å². The number of carboxylic acid groups (broad SMARTS) is 1. The first-order valence-corrected chi connectivity index (χ1v) is 9.70. The zero-order valence-electron chi connectivity index (χ0n) is 12.6. The lowest BCUT2D eigenvalue weighted by atomic mass is 10.2. The van der Waals surface area contributed by atoms with Gasteiger partial charge in [0.2, 0.25) is 5.16 Å². The van der Waals surface area contributed by atoms with Crippen LogP contribution in [0.5, 0.6) is 0 Å². The summed E-state index contributed by atoms with van der Waals surface area (Å²) in [4.78, 5) is 16.4. The molecule has 0 aliphatic rings. The number of carbonyl (C=O) groups is 1. The molecule has 6 nitrogen and oxygen atoms in total. The molecule has 0 radical (unpaired) electrons. The lowest BCUT2D eigenvalue weighted by Gasteiger charge is -2.09. The minimum absolute atomic E-state index is 0.239. The van der Waals surface area contributed by atoms with E-state index in [2.05, 4.69) is 15.2 Å². The Morgan fingerprint density at radius 2 is 1.92 bits per heavy atom. The molecular formula is C16H10N4O2S3. The number of hydrogen-bond acceptors (Lipinski definition) is 7. The summed E-state index contributed by atoms with van der Waals surface area (Å²) in [5, 5.41) is 22.3. The van der Waals surface area contributed by atoms with Gasteiger partial charge in [-0.1, -0.05) is 6.07 Å². The summed E-state index contributed by atoms with van der Waals surface area (Å²) in [7, 11) is 0. The van der Waals surface area contributed by atoms with Gasteiger partial charge in [-0.05, 0) is 47.5 Å². The second kappa shape index (κ2) is 6.79. The molecule has 1 N–H and O–H groups in total. The van der Waals surface area contributed by atoms with Crippen molar-refractivity contribution in [1.29, 1.82) is 0 Å². The first kappa shape index (κ1) is 16.0. The van der Waals surface area contributed by atoms with E-state index in [0.29, 0.717) is 5.16 Å². The Hall–Kier alpha value is -2.49. The van der Waals surface area contributed by atoms with Crippen molar-refractivity contribution >= 4 is 40.4 Å². The first-order valence-electron chi connectivity index (χ1n) is 7.13. The molecular weight excluding hydrogens is 376 g/mol. The molecule has 0 bridgehead atoms. The summed E-state index contributed by atoms with van der Waals surface area (Å²) in [6.45, 7) is 0. The Morgan fingerprint density at radius 3 is 2.56 bits per heavy atom. The smallest absolute Gasteiger partial charge is 0.335 e. The van der Waals surface area contributed by atoms with Crippen LogP contribution in [-0.4, -0.2) is 30.8 Å². The average molecular weight is 386 g/mol. The number of aromatic carboxylic acids is 1. The highest BCUT2D eigenvalue weighted by molar-refractivity contribution is 8.00. The highest BCUT2D eigenvalue weighted by atomic mass is 32.2. The van der Waals surface area contributed by atoms with Crippen LogP contribution in [0.25, 0.3) is 16.4 Å². The summed E-state index contributed by atoms with van der Waals surface area (Å²) >= 11 is 4.53. The molecule has 0 atom stereocenters. The minimum Gasteiger partial charge on any atom is -0.478 e. The number of thiophene rings is 1. The number of carboxylic acids is 1. The summed E-state index contributed by atoms with van der Waals surface area (Å²) in [5.74, 6) is -0.233. The van der Waals surface area contributed by atoms with Crippen LogP contribution >= 0.6 is 34.4 Å². The van der Waals surface area contributed by atoms with Gasteiger partial charge < -0.3 is 5.11 Å². The second-order valence-corrected chi connectivity index (χ2v) is 7.93. The molecule has 0 aliphatic carbocycles. The van der Waals surface area contributed by atoms with Crippen molar-refractivity contribution in [3.8, 4) is 16.4 Å². The molecule has 25 heavy (non-hydrogen) atoms. The fraction of sp³-hybridized carbons (Fsp3) is 0. The van der Waals surface area contributed by atoms with Crippen molar-refractivity contribution in [3.05, 3.63) is 58.9 Å². The summed E-state index contributed by atoms with van der Waals surface area (Å²) < 4.78 is 2.79. The molecule has 4 aromatic rings. The summed E-state index contributed by atoms with van der Waals surface area (Å²) in [6.07, 6.45) is 1.75. The highest BCUT2D eigenvalue weighted by Gasteiger charge is 2.18. The van der Waals surface area contributed by atoms with Gasteiger partial charge in [0.1, 0.15) is 0 Å². The van der Waals surface area contributed by atoms with E-state index in [1.165, 1.54) is 23.1 Å². The molecule has 0 amide bonds. The third-order valence-corrected chi connectivity index (χ3v) is 6.03. The van der Waals surface area contributed by atoms with E-state index in [9.17, 15) is 4.79 Å². The van der Waals surface area contributed by atoms with Gasteiger partial charge in [0.15, 0.2) is 10.2 Å². The fourth-order valence-corrected chi connectivity index (χ4v) is 4.50. The molecule has 1 aromatic carbocycles. The quantitative estimate of drug-likeness (QED) is 0.551. The third kappa shape index (κ3) is 3.21. The van der Waals surface area contributed by atoms with E-state index in [1.807, 2.05) is 27.5 Å². The number of benzene rings is 1. The molecule has 0 saturated carbocycles. The largest absolute Gasteiger partial charge is 0.478 e. The van der Waals surface area contributed by atoms with E-state index in [0.717, 1.165) is 20.7 Å². The van der Waals surface area contributed by atoms with E-state index in [-0.39, 0.29) is 5.56 Å². The minimum atomic E-state index is -0.953. The van der Waals surface area contributed by atoms with E-state index < -0.39 is 5.97 Å². The fourth-order valence-electron chi connectivity index (χ4n) is 2.23. The van der Waals surface area contributed by atoms with Crippen LogP contribution < -0.4 is 0 Å². The van der Waals surface area contributed by atoms with Gasteiger partial charge in [-0.25, -0.2) is 9.78 Å². The third-order valence-electron chi connectivity index (χ3n) is 3.34. The molecule has 0 aliphatic heterocycles. The number of rotatable bonds is 5. The van der Waals surface area contributed by atoms with Crippen LogP contribution in [0.2, 0.25) is 0 Å². The van der Waals surface area contributed by atoms with Gasteiger partial charge in [-0.3, -0.25) is 4.57 Å². The predicted octanol–water partition coefficient (Wildman–Crippen LogP) is 4.30. The number of thiazole rings is 1. The van der Waals surface area contributed by atoms with Crippen LogP contribution in [0.15, 0.2) is 62.9 Å². The van der Waals surface area contributed by atoms with Gasteiger partial charge >= 0.3 is 5.97 Å². The molecule has 0 fully saturated rings. The van der Waals surface area contributed by atoms with Crippen molar-refractivity contribution in [2.45, 2.75) is 9.50 Å². The van der Waals surface area contributed by atoms with Crippen molar-refractivity contribution in [2.24, 2.45) is 0 Å². The van der Waals surface area contributed by atoms with E-state index in [4.69, 9.17) is 5.11 Å². The van der Waals surface area contributed by atoms with Gasteiger partial charge in [-0.2, -0.15) is 0 Å². The first-order chi connectivity index (χ1) is 12.2. The normalized spacial score (nSPS) is 10.9.